The van der Waals surface area contributed by atoms with Crippen molar-refractivity contribution in [1.29, 1.82) is 0 Å². The fraction of sp³-hybridized carbons (Fsp3) is 0.316. The second kappa shape index (κ2) is 8.19. The third-order valence-corrected chi connectivity index (χ3v) is 4.80. The molecule has 0 radical (unpaired) electrons. The summed E-state index contributed by atoms with van der Waals surface area (Å²) in [6, 6.07) is 11.5. The van der Waals surface area contributed by atoms with Crippen molar-refractivity contribution < 1.29 is 14.5 Å². The molecule has 0 aromatic heterocycles. The van der Waals surface area contributed by atoms with Gasteiger partial charge in [0.05, 0.1) is 4.92 Å². The Kier molecular flexibility index (Phi) is 5.73. The number of hydrogen-bond acceptors (Lipinski definition) is 4. The zero-order valence-corrected chi connectivity index (χ0v) is 14.9. The number of hydrogen-bond donors (Lipinski definition) is 1. The van der Waals surface area contributed by atoms with Gasteiger partial charge in [0.1, 0.15) is 11.4 Å². The average Bonchev–Trinajstić information content (AvgIpc) is 2.64. The van der Waals surface area contributed by atoms with Crippen LogP contribution in [0, 0.1) is 10.1 Å². The monoisotopic (exact) mass is 374 g/mol. The van der Waals surface area contributed by atoms with Crippen LogP contribution in [0.25, 0.3) is 0 Å². The molecule has 1 aliphatic carbocycles. The summed E-state index contributed by atoms with van der Waals surface area (Å²) in [5, 5.41) is 13.7. The molecular weight excluding hydrogens is 356 g/mol. The Hall–Kier alpha value is -2.60. The number of ether oxygens (including phenoxy) is 1. The molecule has 1 aliphatic rings. The van der Waals surface area contributed by atoms with Crippen LogP contribution in [0.5, 0.6) is 5.75 Å². The SMILES string of the molecule is O=C(Nc1ccc(Cl)cc1[N+](=O)[O-])Oc1ccc(C2CCCCC2)cc1. The number of rotatable bonds is 4. The Labute approximate surface area is 156 Å². The van der Waals surface area contributed by atoms with Gasteiger partial charge in [0.15, 0.2) is 0 Å². The molecule has 0 unspecified atom stereocenters. The summed E-state index contributed by atoms with van der Waals surface area (Å²) in [5.74, 6) is 0.960. The number of nitrogens with zero attached hydrogens (tertiary/aromatic N) is 1. The van der Waals surface area contributed by atoms with Crippen LogP contribution >= 0.6 is 11.6 Å². The lowest BCUT2D eigenvalue weighted by Crippen LogP contribution is -2.17. The van der Waals surface area contributed by atoms with E-state index < -0.39 is 11.0 Å². The van der Waals surface area contributed by atoms with Crippen LogP contribution in [0.4, 0.5) is 16.2 Å². The molecule has 2 aromatic carbocycles. The van der Waals surface area contributed by atoms with Gasteiger partial charge in [-0.25, -0.2) is 4.79 Å². The highest BCUT2D eigenvalue weighted by atomic mass is 35.5. The van der Waals surface area contributed by atoms with E-state index in [-0.39, 0.29) is 16.4 Å². The Balaban J connectivity index is 1.64. The van der Waals surface area contributed by atoms with E-state index in [2.05, 4.69) is 5.32 Å². The Morgan fingerprint density at radius 1 is 1.12 bits per heavy atom. The van der Waals surface area contributed by atoms with Gasteiger partial charge in [-0.1, -0.05) is 43.0 Å². The van der Waals surface area contributed by atoms with Crippen LogP contribution < -0.4 is 10.1 Å². The van der Waals surface area contributed by atoms with Crippen LogP contribution in [0.1, 0.15) is 43.6 Å². The lowest BCUT2D eigenvalue weighted by Gasteiger charge is -2.22. The van der Waals surface area contributed by atoms with Crippen LogP contribution in [0.3, 0.4) is 0 Å². The number of amides is 1. The van der Waals surface area contributed by atoms with Crippen molar-refractivity contribution in [3.05, 3.63) is 63.2 Å². The van der Waals surface area contributed by atoms with E-state index in [4.69, 9.17) is 16.3 Å². The van der Waals surface area contributed by atoms with Crippen molar-refractivity contribution in [1.82, 2.24) is 0 Å². The normalized spacial score (nSPS) is 14.7. The third kappa shape index (κ3) is 4.52. The van der Waals surface area contributed by atoms with Gasteiger partial charge in [-0.05, 0) is 48.6 Å². The number of nitro benzene ring substituents is 1. The first-order chi connectivity index (χ1) is 12.5. The maximum Gasteiger partial charge on any atom is 0.417 e. The molecule has 3 rings (SSSR count). The van der Waals surface area contributed by atoms with Gasteiger partial charge in [0.25, 0.3) is 5.69 Å². The molecule has 2 aromatic rings. The molecule has 0 bridgehead atoms. The number of carbonyl (C=O) groups is 1. The maximum absolute atomic E-state index is 12.0. The number of carbonyl (C=O) groups excluding carboxylic acids is 1. The molecule has 0 atom stereocenters. The topological polar surface area (TPSA) is 81.5 Å². The van der Waals surface area contributed by atoms with E-state index in [1.807, 2.05) is 12.1 Å². The number of nitro groups is 1. The van der Waals surface area contributed by atoms with Crippen molar-refractivity contribution in [2.24, 2.45) is 0 Å². The molecule has 0 saturated heterocycles. The Morgan fingerprint density at radius 2 is 1.81 bits per heavy atom. The number of halogens is 1. The standard InChI is InChI=1S/C19H19ClN2O4/c20-15-8-11-17(18(12-15)22(24)25)21-19(23)26-16-9-6-14(7-10-16)13-4-2-1-3-5-13/h6-13H,1-5H2,(H,21,23). The zero-order chi connectivity index (χ0) is 18.5. The fourth-order valence-electron chi connectivity index (χ4n) is 3.25. The lowest BCUT2D eigenvalue weighted by atomic mass is 9.84. The molecule has 136 valence electrons. The lowest BCUT2D eigenvalue weighted by molar-refractivity contribution is -0.383. The second-order valence-corrected chi connectivity index (χ2v) is 6.77. The summed E-state index contributed by atoms with van der Waals surface area (Å²) >= 11 is 5.76. The van der Waals surface area contributed by atoms with Crippen molar-refractivity contribution in [3.8, 4) is 5.75 Å². The highest BCUT2D eigenvalue weighted by Crippen LogP contribution is 2.33. The fourth-order valence-corrected chi connectivity index (χ4v) is 3.41. The molecule has 6 nitrogen and oxygen atoms in total. The summed E-state index contributed by atoms with van der Waals surface area (Å²) in [7, 11) is 0. The number of nitrogens with one attached hydrogen (secondary N) is 1. The van der Waals surface area contributed by atoms with Crippen LogP contribution in [-0.2, 0) is 0 Å². The molecule has 0 aliphatic heterocycles. The predicted octanol–water partition coefficient (Wildman–Crippen LogP) is 5.91. The van der Waals surface area contributed by atoms with Crippen LogP contribution in [0.15, 0.2) is 42.5 Å². The molecule has 1 amide bonds. The van der Waals surface area contributed by atoms with E-state index in [1.165, 1.54) is 55.9 Å². The minimum Gasteiger partial charge on any atom is -0.410 e. The van der Waals surface area contributed by atoms with E-state index in [1.54, 1.807) is 12.1 Å². The van der Waals surface area contributed by atoms with Gasteiger partial charge in [-0.3, -0.25) is 15.4 Å². The predicted molar refractivity (Wildman–Crippen MR) is 100 cm³/mol. The first kappa shape index (κ1) is 18.2. The molecule has 1 fully saturated rings. The maximum atomic E-state index is 12.0. The summed E-state index contributed by atoms with van der Waals surface area (Å²) in [4.78, 5) is 22.5. The Bertz CT molecular complexity index is 802. The number of benzene rings is 2. The minimum absolute atomic E-state index is 0.0308. The average molecular weight is 375 g/mol. The van der Waals surface area contributed by atoms with E-state index >= 15 is 0 Å². The summed E-state index contributed by atoms with van der Waals surface area (Å²) in [6.07, 6.45) is 5.41. The summed E-state index contributed by atoms with van der Waals surface area (Å²) in [5.41, 5.74) is 0.996. The van der Waals surface area contributed by atoms with Gasteiger partial charge in [-0.15, -0.1) is 0 Å². The van der Waals surface area contributed by atoms with Gasteiger partial charge < -0.3 is 4.74 Å². The largest absolute Gasteiger partial charge is 0.417 e. The molecular formula is C19H19ClN2O4. The van der Waals surface area contributed by atoms with Crippen LogP contribution in [0.2, 0.25) is 5.02 Å². The first-order valence-corrected chi connectivity index (χ1v) is 8.93. The minimum atomic E-state index is -0.791. The van der Waals surface area contributed by atoms with Gasteiger partial charge >= 0.3 is 6.09 Å². The van der Waals surface area contributed by atoms with Crippen LogP contribution in [-0.4, -0.2) is 11.0 Å². The van der Waals surface area contributed by atoms with Gasteiger partial charge in [0.2, 0.25) is 0 Å². The zero-order valence-electron chi connectivity index (χ0n) is 14.1. The second-order valence-electron chi connectivity index (χ2n) is 6.34. The molecule has 26 heavy (non-hydrogen) atoms. The first-order valence-electron chi connectivity index (χ1n) is 8.55. The van der Waals surface area contributed by atoms with Gasteiger partial charge in [0, 0.05) is 11.1 Å². The van der Waals surface area contributed by atoms with Crippen molar-refractivity contribution in [3.63, 3.8) is 0 Å². The van der Waals surface area contributed by atoms with Crippen molar-refractivity contribution >= 4 is 29.1 Å². The van der Waals surface area contributed by atoms with E-state index in [0.29, 0.717) is 11.7 Å². The van der Waals surface area contributed by atoms with Gasteiger partial charge in [-0.2, -0.15) is 0 Å². The Morgan fingerprint density at radius 3 is 2.46 bits per heavy atom. The smallest absolute Gasteiger partial charge is 0.410 e. The molecule has 1 saturated carbocycles. The van der Waals surface area contributed by atoms with E-state index in [9.17, 15) is 14.9 Å². The molecule has 0 heterocycles. The number of anilines is 1. The third-order valence-electron chi connectivity index (χ3n) is 4.56. The quantitative estimate of drug-likeness (QED) is 0.533. The molecule has 0 spiro atoms. The van der Waals surface area contributed by atoms with E-state index in [0.717, 1.165) is 0 Å². The molecule has 1 N–H and O–H groups in total. The highest BCUT2D eigenvalue weighted by Gasteiger charge is 2.18. The summed E-state index contributed by atoms with van der Waals surface area (Å²) in [6.45, 7) is 0. The molecule has 7 heteroatoms. The van der Waals surface area contributed by atoms with Crippen molar-refractivity contribution in [2.75, 3.05) is 5.32 Å². The highest BCUT2D eigenvalue weighted by molar-refractivity contribution is 6.31. The van der Waals surface area contributed by atoms with Crippen molar-refractivity contribution in [2.45, 2.75) is 38.0 Å². The summed E-state index contributed by atoms with van der Waals surface area (Å²) < 4.78 is 5.22.